The van der Waals surface area contributed by atoms with Gasteiger partial charge in [0.15, 0.2) is 6.61 Å². The number of hydrogen-bond acceptors (Lipinski definition) is 3. The largest absolute Gasteiger partial charge is 0.484 e. The maximum atomic E-state index is 12.1. The van der Waals surface area contributed by atoms with Gasteiger partial charge in [0.2, 0.25) is 5.91 Å². The molecule has 0 aromatic heterocycles. The second-order valence-corrected chi connectivity index (χ2v) is 5.27. The first-order valence-electron chi connectivity index (χ1n) is 7.24. The predicted molar refractivity (Wildman–Crippen MR) is 75.5 cm³/mol. The molecule has 1 aliphatic heterocycles. The van der Waals surface area contributed by atoms with Gasteiger partial charge in [-0.05, 0) is 37.1 Å². The topological polar surface area (TPSA) is 50.4 Å². The zero-order chi connectivity index (χ0) is 16.0. The average molecular weight is 316 g/mol. The highest BCUT2D eigenvalue weighted by Crippen LogP contribution is 2.19. The number of rotatable bonds is 5. The molecule has 0 spiro atoms. The number of carbonyl (C=O) groups excluding carboxylic acids is 1. The highest BCUT2D eigenvalue weighted by Gasteiger charge is 2.28. The van der Waals surface area contributed by atoms with Gasteiger partial charge in [0, 0.05) is 6.54 Å². The normalized spacial score (nSPS) is 18.8. The van der Waals surface area contributed by atoms with Crippen LogP contribution in [0.5, 0.6) is 5.75 Å². The quantitative estimate of drug-likeness (QED) is 0.877. The number of ether oxygens (including phenoxy) is 1. The molecule has 22 heavy (non-hydrogen) atoms. The van der Waals surface area contributed by atoms with E-state index < -0.39 is 12.8 Å². The standard InChI is InChI=1S/C15H19F3N2O2/c16-15(17,18)10-22-12-5-3-4-11(8-12)9-20-14(21)13-6-1-2-7-19-13/h3-5,8,13,19H,1-2,6-7,9-10H2,(H,20,21). The van der Waals surface area contributed by atoms with Crippen molar-refractivity contribution >= 4 is 5.91 Å². The van der Waals surface area contributed by atoms with Crippen LogP contribution in [0.25, 0.3) is 0 Å². The second-order valence-electron chi connectivity index (χ2n) is 5.27. The van der Waals surface area contributed by atoms with Gasteiger partial charge < -0.3 is 15.4 Å². The van der Waals surface area contributed by atoms with Crippen molar-refractivity contribution < 1.29 is 22.7 Å². The van der Waals surface area contributed by atoms with Crippen LogP contribution < -0.4 is 15.4 Å². The number of alkyl halides is 3. The van der Waals surface area contributed by atoms with Crippen LogP contribution >= 0.6 is 0 Å². The Morgan fingerprint density at radius 1 is 1.36 bits per heavy atom. The van der Waals surface area contributed by atoms with Gasteiger partial charge in [-0.15, -0.1) is 0 Å². The average Bonchev–Trinajstić information content (AvgIpc) is 2.51. The minimum absolute atomic E-state index is 0.0821. The van der Waals surface area contributed by atoms with Crippen LogP contribution in [-0.2, 0) is 11.3 Å². The van der Waals surface area contributed by atoms with E-state index in [2.05, 4.69) is 15.4 Å². The molecule has 0 aliphatic carbocycles. The number of hydrogen-bond donors (Lipinski definition) is 2. The highest BCUT2D eigenvalue weighted by molar-refractivity contribution is 5.81. The first-order chi connectivity index (χ1) is 10.4. The lowest BCUT2D eigenvalue weighted by molar-refractivity contribution is -0.153. The van der Waals surface area contributed by atoms with E-state index in [-0.39, 0.29) is 24.2 Å². The third kappa shape index (κ3) is 5.55. The third-order valence-electron chi connectivity index (χ3n) is 3.39. The monoisotopic (exact) mass is 316 g/mol. The third-order valence-corrected chi connectivity index (χ3v) is 3.39. The maximum absolute atomic E-state index is 12.1. The van der Waals surface area contributed by atoms with Gasteiger partial charge in [0.1, 0.15) is 5.75 Å². The summed E-state index contributed by atoms with van der Waals surface area (Å²) in [7, 11) is 0. The van der Waals surface area contributed by atoms with Crippen molar-refractivity contribution in [2.75, 3.05) is 13.2 Å². The molecule has 122 valence electrons. The smallest absolute Gasteiger partial charge is 0.422 e. The van der Waals surface area contributed by atoms with Crippen molar-refractivity contribution in [3.05, 3.63) is 29.8 Å². The van der Waals surface area contributed by atoms with Gasteiger partial charge in [-0.3, -0.25) is 4.79 Å². The Labute approximate surface area is 127 Å². The van der Waals surface area contributed by atoms with Crippen LogP contribution in [0.1, 0.15) is 24.8 Å². The van der Waals surface area contributed by atoms with Crippen molar-refractivity contribution in [2.45, 2.75) is 38.0 Å². The molecule has 1 unspecified atom stereocenters. The molecule has 0 bridgehead atoms. The second kappa shape index (κ2) is 7.49. The Morgan fingerprint density at radius 3 is 2.86 bits per heavy atom. The Hall–Kier alpha value is -1.76. The number of amides is 1. The number of nitrogens with one attached hydrogen (secondary N) is 2. The molecular formula is C15H19F3N2O2. The first-order valence-corrected chi connectivity index (χ1v) is 7.24. The molecule has 1 amide bonds. The van der Waals surface area contributed by atoms with Crippen LogP contribution in [0.3, 0.4) is 0 Å². The van der Waals surface area contributed by atoms with Crippen molar-refractivity contribution in [2.24, 2.45) is 0 Å². The number of piperidine rings is 1. The zero-order valence-corrected chi connectivity index (χ0v) is 12.1. The Balaban J connectivity index is 1.83. The van der Waals surface area contributed by atoms with E-state index in [1.54, 1.807) is 12.1 Å². The summed E-state index contributed by atoms with van der Waals surface area (Å²) in [6.07, 6.45) is -1.47. The maximum Gasteiger partial charge on any atom is 0.422 e. The summed E-state index contributed by atoms with van der Waals surface area (Å²) in [5.41, 5.74) is 0.698. The molecule has 2 rings (SSSR count). The molecule has 2 N–H and O–H groups in total. The number of benzene rings is 1. The van der Waals surface area contributed by atoms with Gasteiger partial charge in [0.05, 0.1) is 6.04 Å². The fourth-order valence-electron chi connectivity index (χ4n) is 2.30. The Kier molecular flexibility index (Phi) is 5.65. The molecule has 1 aliphatic rings. The van der Waals surface area contributed by atoms with E-state index in [0.29, 0.717) is 5.56 Å². The summed E-state index contributed by atoms with van der Waals surface area (Å²) in [6, 6.07) is 6.11. The van der Waals surface area contributed by atoms with Crippen LogP contribution in [0.2, 0.25) is 0 Å². The molecular weight excluding hydrogens is 297 g/mol. The van der Waals surface area contributed by atoms with Gasteiger partial charge in [0.25, 0.3) is 0 Å². The van der Waals surface area contributed by atoms with Gasteiger partial charge >= 0.3 is 6.18 Å². The molecule has 0 radical (unpaired) electrons. The number of carbonyl (C=O) groups is 1. The lowest BCUT2D eigenvalue weighted by atomic mass is 10.0. The summed E-state index contributed by atoms with van der Waals surface area (Å²) in [5.74, 6) is 0.0566. The van der Waals surface area contributed by atoms with Gasteiger partial charge in [-0.25, -0.2) is 0 Å². The summed E-state index contributed by atoms with van der Waals surface area (Å²) in [6.45, 7) is -0.228. The molecule has 1 saturated heterocycles. The predicted octanol–water partition coefficient (Wildman–Crippen LogP) is 2.39. The fourth-order valence-corrected chi connectivity index (χ4v) is 2.30. The van der Waals surface area contributed by atoms with Crippen LogP contribution in [-0.4, -0.2) is 31.3 Å². The molecule has 1 fully saturated rings. The summed E-state index contributed by atoms with van der Waals surface area (Å²) >= 11 is 0. The SMILES string of the molecule is O=C(NCc1cccc(OCC(F)(F)F)c1)C1CCCCN1. The van der Waals surface area contributed by atoms with Crippen molar-refractivity contribution in [1.29, 1.82) is 0 Å². The van der Waals surface area contributed by atoms with E-state index in [9.17, 15) is 18.0 Å². The summed E-state index contributed by atoms with van der Waals surface area (Å²) < 4.78 is 41.0. The van der Waals surface area contributed by atoms with E-state index in [0.717, 1.165) is 25.8 Å². The Morgan fingerprint density at radius 2 is 2.18 bits per heavy atom. The van der Waals surface area contributed by atoms with E-state index in [1.165, 1.54) is 12.1 Å². The lowest BCUT2D eigenvalue weighted by Gasteiger charge is -2.22. The lowest BCUT2D eigenvalue weighted by Crippen LogP contribution is -2.46. The van der Waals surface area contributed by atoms with E-state index in [1.807, 2.05) is 0 Å². The highest BCUT2D eigenvalue weighted by atomic mass is 19.4. The van der Waals surface area contributed by atoms with Crippen molar-refractivity contribution in [3.8, 4) is 5.75 Å². The molecule has 1 aromatic carbocycles. The minimum Gasteiger partial charge on any atom is -0.484 e. The minimum atomic E-state index is -4.36. The molecule has 1 atom stereocenters. The van der Waals surface area contributed by atoms with Crippen LogP contribution in [0.4, 0.5) is 13.2 Å². The van der Waals surface area contributed by atoms with Crippen LogP contribution in [0, 0.1) is 0 Å². The number of halogens is 3. The summed E-state index contributed by atoms with van der Waals surface area (Å²) in [5, 5.41) is 5.93. The Bertz CT molecular complexity index is 500. The molecule has 0 saturated carbocycles. The summed E-state index contributed by atoms with van der Waals surface area (Å²) in [4.78, 5) is 12.0. The van der Waals surface area contributed by atoms with Crippen molar-refractivity contribution in [1.82, 2.24) is 10.6 Å². The molecule has 1 aromatic rings. The molecule has 4 nitrogen and oxygen atoms in total. The first kappa shape index (κ1) is 16.6. The fraction of sp³-hybridized carbons (Fsp3) is 0.533. The van der Waals surface area contributed by atoms with Gasteiger partial charge in [-0.1, -0.05) is 18.6 Å². The van der Waals surface area contributed by atoms with Crippen LogP contribution in [0.15, 0.2) is 24.3 Å². The van der Waals surface area contributed by atoms with Gasteiger partial charge in [-0.2, -0.15) is 13.2 Å². The van der Waals surface area contributed by atoms with E-state index >= 15 is 0 Å². The van der Waals surface area contributed by atoms with Crippen molar-refractivity contribution in [3.63, 3.8) is 0 Å². The van der Waals surface area contributed by atoms with E-state index in [4.69, 9.17) is 0 Å². The zero-order valence-electron chi connectivity index (χ0n) is 12.1. The molecule has 1 heterocycles. The molecule has 7 heteroatoms.